The molecule has 298 valence electrons. The third-order valence-corrected chi connectivity index (χ3v) is 12.7. The van der Waals surface area contributed by atoms with Crippen LogP contribution in [0.2, 0.25) is 0 Å². The van der Waals surface area contributed by atoms with Crippen molar-refractivity contribution in [2.75, 3.05) is 0 Å². The van der Waals surface area contributed by atoms with E-state index in [1.54, 1.807) is 0 Å². The first-order valence-corrected chi connectivity index (χ1v) is 21.7. The third kappa shape index (κ3) is 5.75. The van der Waals surface area contributed by atoms with Crippen LogP contribution in [0, 0.1) is 0 Å². The maximum absolute atomic E-state index is 5.05. The van der Waals surface area contributed by atoms with Crippen molar-refractivity contribution in [1.82, 2.24) is 24.1 Å². The van der Waals surface area contributed by atoms with Crippen molar-refractivity contribution in [3.05, 3.63) is 224 Å². The standard InChI is InChI=1S/C59H37N5/c1-4-15-38(16-5-1)39-27-31-45(32-28-39)63-53-34-30-40-17-10-11-23-47(40)56(53)50-36-49-48-24-12-13-25-52(48)64(54(49)37-55(50)63)51-26-14-22-43-35-44(29-33-46(43)51)59-61-57(41-18-6-2-7-19-41)60-58(62-59)42-20-8-3-9-21-42/h1-37H. The first-order valence-electron chi connectivity index (χ1n) is 21.7. The van der Waals surface area contributed by atoms with Gasteiger partial charge in [0.15, 0.2) is 17.5 Å². The van der Waals surface area contributed by atoms with Gasteiger partial charge in [0.25, 0.3) is 0 Å². The van der Waals surface area contributed by atoms with Gasteiger partial charge in [-0.1, -0.05) is 176 Å². The van der Waals surface area contributed by atoms with Gasteiger partial charge in [-0.05, 0) is 75.8 Å². The SMILES string of the molecule is c1ccc(-c2ccc(-n3c4cc5c(cc4c4c6ccccc6ccc43)c3ccccc3n5-c3cccc4cc(-c5nc(-c6ccccc6)nc(-c6ccccc6)n5)ccc34)cc2)cc1. The van der Waals surface area contributed by atoms with Gasteiger partial charge in [0, 0.05) is 49.3 Å². The maximum atomic E-state index is 5.05. The Morgan fingerprint density at radius 1 is 0.266 bits per heavy atom. The molecule has 0 atom stereocenters. The van der Waals surface area contributed by atoms with Crippen molar-refractivity contribution in [1.29, 1.82) is 0 Å². The number of benzene rings is 10. The third-order valence-electron chi connectivity index (χ3n) is 12.7. The van der Waals surface area contributed by atoms with Crippen molar-refractivity contribution < 1.29 is 0 Å². The number of rotatable bonds is 6. The molecule has 64 heavy (non-hydrogen) atoms. The van der Waals surface area contributed by atoms with Gasteiger partial charge in [-0.3, -0.25) is 0 Å². The highest BCUT2D eigenvalue weighted by atomic mass is 15.0. The lowest BCUT2D eigenvalue weighted by atomic mass is 10.0. The fraction of sp³-hybridized carbons (Fsp3) is 0. The zero-order chi connectivity index (χ0) is 42.1. The molecular weight excluding hydrogens is 779 g/mol. The van der Waals surface area contributed by atoms with Crippen molar-refractivity contribution >= 4 is 65.2 Å². The largest absolute Gasteiger partial charge is 0.309 e. The Hall–Kier alpha value is -8.67. The average molecular weight is 816 g/mol. The van der Waals surface area contributed by atoms with Gasteiger partial charge in [-0.2, -0.15) is 0 Å². The Morgan fingerprint density at radius 2 is 0.828 bits per heavy atom. The zero-order valence-corrected chi connectivity index (χ0v) is 34.6. The molecule has 0 unspecified atom stereocenters. The minimum absolute atomic E-state index is 0.636. The molecular formula is C59H37N5. The molecule has 0 N–H and O–H groups in total. The van der Waals surface area contributed by atoms with Gasteiger partial charge >= 0.3 is 0 Å². The van der Waals surface area contributed by atoms with Crippen LogP contribution in [0.5, 0.6) is 0 Å². The summed E-state index contributed by atoms with van der Waals surface area (Å²) in [4.78, 5) is 15.0. The summed E-state index contributed by atoms with van der Waals surface area (Å²) in [5, 5.41) is 9.66. The van der Waals surface area contributed by atoms with Crippen LogP contribution in [-0.2, 0) is 0 Å². The molecule has 0 aliphatic rings. The summed E-state index contributed by atoms with van der Waals surface area (Å²) < 4.78 is 4.90. The van der Waals surface area contributed by atoms with Crippen LogP contribution >= 0.6 is 0 Å². The first kappa shape index (κ1) is 36.0. The molecule has 0 bridgehead atoms. The molecule has 3 aromatic heterocycles. The lowest BCUT2D eigenvalue weighted by Gasteiger charge is -2.14. The number of aromatic nitrogens is 5. The monoisotopic (exact) mass is 815 g/mol. The van der Waals surface area contributed by atoms with E-state index in [1.165, 1.54) is 49.0 Å². The van der Waals surface area contributed by atoms with E-state index in [-0.39, 0.29) is 0 Å². The Balaban J connectivity index is 1.03. The lowest BCUT2D eigenvalue weighted by molar-refractivity contribution is 1.07. The number of hydrogen-bond acceptors (Lipinski definition) is 3. The van der Waals surface area contributed by atoms with E-state index in [0.29, 0.717) is 17.5 Å². The minimum Gasteiger partial charge on any atom is -0.309 e. The Kier molecular flexibility index (Phi) is 8.15. The molecule has 3 heterocycles. The lowest BCUT2D eigenvalue weighted by Crippen LogP contribution is -2.00. The summed E-state index contributed by atoms with van der Waals surface area (Å²) in [6.07, 6.45) is 0. The van der Waals surface area contributed by atoms with Crippen molar-refractivity contribution in [2.24, 2.45) is 0 Å². The van der Waals surface area contributed by atoms with E-state index in [4.69, 9.17) is 15.0 Å². The van der Waals surface area contributed by atoms with Crippen molar-refractivity contribution in [2.45, 2.75) is 0 Å². The molecule has 0 aliphatic heterocycles. The van der Waals surface area contributed by atoms with Crippen LogP contribution in [0.3, 0.4) is 0 Å². The van der Waals surface area contributed by atoms with Crippen LogP contribution in [-0.4, -0.2) is 24.1 Å². The summed E-state index contributed by atoms with van der Waals surface area (Å²) in [6.45, 7) is 0. The predicted molar refractivity (Wildman–Crippen MR) is 265 cm³/mol. The summed E-state index contributed by atoms with van der Waals surface area (Å²) in [6, 6.07) is 80.0. The summed E-state index contributed by atoms with van der Waals surface area (Å²) >= 11 is 0. The van der Waals surface area contributed by atoms with Crippen molar-refractivity contribution in [3.63, 3.8) is 0 Å². The van der Waals surface area contributed by atoms with Crippen LogP contribution in [0.4, 0.5) is 0 Å². The fourth-order valence-corrected chi connectivity index (χ4v) is 9.76. The van der Waals surface area contributed by atoms with Gasteiger partial charge in [-0.25, -0.2) is 15.0 Å². The van der Waals surface area contributed by atoms with Crippen LogP contribution in [0.25, 0.3) is 122 Å². The fourth-order valence-electron chi connectivity index (χ4n) is 9.76. The number of fused-ring (bicyclic) bond motifs is 9. The Bertz CT molecular complexity index is 3870. The molecule has 13 rings (SSSR count). The maximum Gasteiger partial charge on any atom is 0.164 e. The number of nitrogens with zero attached hydrogens (tertiary/aromatic N) is 5. The molecule has 5 heteroatoms. The normalized spacial score (nSPS) is 11.8. The molecule has 0 radical (unpaired) electrons. The molecule has 0 aliphatic carbocycles. The highest BCUT2D eigenvalue weighted by Crippen LogP contribution is 2.43. The molecule has 0 fully saturated rings. The number of para-hydroxylation sites is 1. The smallest absolute Gasteiger partial charge is 0.164 e. The highest BCUT2D eigenvalue weighted by Gasteiger charge is 2.21. The summed E-state index contributed by atoms with van der Waals surface area (Å²) in [5.41, 5.74) is 12.1. The average Bonchev–Trinajstić information content (AvgIpc) is 3.88. The second-order valence-electron chi connectivity index (χ2n) is 16.4. The molecule has 0 amide bonds. The summed E-state index contributed by atoms with van der Waals surface area (Å²) in [7, 11) is 0. The van der Waals surface area contributed by atoms with Gasteiger partial charge in [0.1, 0.15) is 0 Å². The molecule has 0 saturated carbocycles. The van der Waals surface area contributed by atoms with E-state index < -0.39 is 0 Å². The zero-order valence-electron chi connectivity index (χ0n) is 34.6. The van der Waals surface area contributed by atoms with E-state index in [2.05, 4.69) is 173 Å². The van der Waals surface area contributed by atoms with E-state index >= 15 is 0 Å². The van der Waals surface area contributed by atoms with Crippen LogP contribution in [0.1, 0.15) is 0 Å². The van der Waals surface area contributed by atoms with Gasteiger partial charge in [-0.15, -0.1) is 0 Å². The Labute approximate surface area is 368 Å². The van der Waals surface area contributed by atoms with E-state index in [9.17, 15) is 0 Å². The second kappa shape index (κ2) is 14.5. The molecule has 0 spiro atoms. The summed E-state index contributed by atoms with van der Waals surface area (Å²) in [5.74, 6) is 1.93. The van der Waals surface area contributed by atoms with Crippen molar-refractivity contribution in [3.8, 4) is 56.7 Å². The minimum atomic E-state index is 0.636. The number of hydrogen-bond donors (Lipinski definition) is 0. The highest BCUT2D eigenvalue weighted by molar-refractivity contribution is 6.25. The van der Waals surface area contributed by atoms with Crippen LogP contribution in [0.15, 0.2) is 224 Å². The molecule has 13 aromatic rings. The van der Waals surface area contributed by atoms with E-state index in [0.717, 1.165) is 55.4 Å². The molecule has 0 saturated heterocycles. The molecule has 5 nitrogen and oxygen atoms in total. The van der Waals surface area contributed by atoms with Gasteiger partial charge in [0.2, 0.25) is 0 Å². The topological polar surface area (TPSA) is 48.5 Å². The first-order chi connectivity index (χ1) is 31.7. The van der Waals surface area contributed by atoms with Crippen LogP contribution < -0.4 is 0 Å². The molecule has 10 aromatic carbocycles. The predicted octanol–water partition coefficient (Wildman–Crippen LogP) is 15.0. The quantitative estimate of drug-likeness (QED) is 0.168. The second-order valence-corrected chi connectivity index (χ2v) is 16.4. The Morgan fingerprint density at radius 3 is 1.55 bits per heavy atom. The van der Waals surface area contributed by atoms with Gasteiger partial charge in [0.05, 0.1) is 27.8 Å². The van der Waals surface area contributed by atoms with Gasteiger partial charge < -0.3 is 9.13 Å². The van der Waals surface area contributed by atoms with E-state index in [1.807, 2.05) is 60.7 Å².